The Kier molecular flexibility index (Phi) is 4.60. The lowest BCUT2D eigenvalue weighted by Gasteiger charge is -2.06. The lowest BCUT2D eigenvalue weighted by atomic mass is 10.3. The van der Waals surface area contributed by atoms with Crippen molar-refractivity contribution in [2.45, 2.75) is 6.92 Å². The number of aromatic nitrogens is 2. The van der Waals surface area contributed by atoms with Crippen LogP contribution in [0.25, 0.3) is 0 Å². The fourth-order valence-electron chi connectivity index (χ4n) is 1.45. The summed E-state index contributed by atoms with van der Waals surface area (Å²) >= 11 is 6.51. The van der Waals surface area contributed by atoms with Crippen LogP contribution in [-0.2, 0) is 0 Å². The molecule has 0 fully saturated rings. The van der Waals surface area contributed by atoms with Gasteiger partial charge in [0.25, 0.3) is 5.91 Å². The number of nitrogens with one attached hydrogen (secondary N) is 2. The summed E-state index contributed by atoms with van der Waals surface area (Å²) in [6.07, 6.45) is 0. The number of hydrogen-bond acceptors (Lipinski definition) is 3. The van der Waals surface area contributed by atoms with Gasteiger partial charge in [-0.25, -0.2) is 0 Å². The molecule has 0 radical (unpaired) electrons. The van der Waals surface area contributed by atoms with E-state index in [2.05, 4.69) is 47.4 Å². The number of nitrogens with zero attached hydrogens (tertiary/aromatic N) is 1. The predicted molar refractivity (Wildman–Crippen MR) is 79.6 cm³/mol. The summed E-state index contributed by atoms with van der Waals surface area (Å²) in [6.45, 7) is 2.53. The molecule has 0 aliphatic carbocycles. The van der Waals surface area contributed by atoms with Gasteiger partial charge in [-0.05, 0) is 63.0 Å². The minimum Gasteiger partial charge on any atom is -0.494 e. The van der Waals surface area contributed by atoms with Crippen LogP contribution in [0.3, 0.4) is 0 Å². The summed E-state index contributed by atoms with van der Waals surface area (Å²) in [5, 5.41) is 9.33. The van der Waals surface area contributed by atoms with Crippen molar-refractivity contribution in [2.24, 2.45) is 0 Å². The highest BCUT2D eigenvalue weighted by molar-refractivity contribution is 9.13. The van der Waals surface area contributed by atoms with Crippen molar-refractivity contribution in [3.05, 3.63) is 39.0 Å². The Labute approximate surface area is 127 Å². The third-order valence-electron chi connectivity index (χ3n) is 2.30. The lowest BCUT2D eigenvalue weighted by molar-refractivity contribution is 0.102. The normalized spacial score (nSPS) is 10.3. The van der Waals surface area contributed by atoms with Gasteiger partial charge in [-0.3, -0.25) is 9.89 Å². The van der Waals surface area contributed by atoms with Crippen LogP contribution >= 0.6 is 31.9 Å². The lowest BCUT2D eigenvalue weighted by Crippen LogP contribution is -2.12. The largest absolute Gasteiger partial charge is 0.494 e. The van der Waals surface area contributed by atoms with Crippen molar-refractivity contribution < 1.29 is 9.53 Å². The minimum atomic E-state index is -0.294. The number of carbonyl (C=O) groups excluding carboxylic acids is 1. The summed E-state index contributed by atoms with van der Waals surface area (Å²) in [6, 6.07) is 7.15. The molecule has 0 unspecified atom stereocenters. The number of hydrogen-bond donors (Lipinski definition) is 2. The highest BCUT2D eigenvalue weighted by Crippen LogP contribution is 2.24. The number of halogens is 2. The maximum atomic E-state index is 12.0. The van der Waals surface area contributed by atoms with E-state index >= 15 is 0 Å². The van der Waals surface area contributed by atoms with Crippen LogP contribution in [0.1, 0.15) is 17.4 Å². The fraction of sp³-hybridized carbons (Fsp3) is 0.167. The van der Waals surface area contributed by atoms with E-state index in [1.54, 1.807) is 24.3 Å². The number of anilines is 1. The molecule has 2 aromatic rings. The first-order valence-electron chi connectivity index (χ1n) is 5.55. The van der Waals surface area contributed by atoms with Crippen LogP contribution in [0.15, 0.2) is 33.3 Å². The monoisotopic (exact) mass is 387 g/mol. The summed E-state index contributed by atoms with van der Waals surface area (Å²) < 4.78 is 6.55. The van der Waals surface area contributed by atoms with Crippen LogP contribution in [-0.4, -0.2) is 22.7 Å². The molecular formula is C12H11Br2N3O2. The molecule has 0 saturated carbocycles. The Morgan fingerprint density at radius 1 is 1.37 bits per heavy atom. The molecule has 0 aliphatic heterocycles. The number of carbonyl (C=O) groups is 1. The number of aromatic amines is 1. The fourth-order valence-corrected chi connectivity index (χ4v) is 2.08. The van der Waals surface area contributed by atoms with Gasteiger partial charge in [0.05, 0.1) is 11.1 Å². The van der Waals surface area contributed by atoms with Crippen LogP contribution in [0.2, 0.25) is 0 Å². The van der Waals surface area contributed by atoms with Crippen molar-refractivity contribution in [2.75, 3.05) is 11.9 Å². The van der Waals surface area contributed by atoms with Gasteiger partial charge in [0, 0.05) is 5.69 Å². The molecule has 0 atom stereocenters. The first-order valence-corrected chi connectivity index (χ1v) is 7.14. The Morgan fingerprint density at radius 2 is 2.05 bits per heavy atom. The van der Waals surface area contributed by atoms with E-state index in [0.29, 0.717) is 27.1 Å². The first-order chi connectivity index (χ1) is 9.11. The van der Waals surface area contributed by atoms with Gasteiger partial charge >= 0.3 is 0 Å². The maximum absolute atomic E-state index is 12.0. The van der Waals surface area contributed by atoms with Crippen molar-refractivity contribution in [1.29, 1.82) is 0 Å². The molecule has 2 N–H and O–H groups in total. The van der Waals surface area contributed by atoms with E-state index in [9.17, 15) is 4.79 Å². The van der Waals surface area contributed by atoms with Gasteiger partial charge in [0.1, 0.15) is 10.4 Å². The van der Waals surface area contributed by atoms with Crippen LogP contribution in [0, 0.1) is 0 Å². The van der Waals surface area contributed by atoms with Crippen LogP contribution < -0.4 is 10.1 Å². The van der Waals surface area contributed by atoms with E-state index in [1.165, 1.54) is 0 Å². The van der Waals surface area contributed by atoms with E-state index in [0.717, 1.165) is 5.75 Å². The van der Waals surface area contributed by atoms with Gasteiger partial charge < -0.3 is 10.1 Å². The molecule has 0 bridgehead atoms. The second-order valence-corrected chi connectivity index (χ2v) is 5.20. The number of rotatable bonds is 4. The van der Waals surface area contributed by atoms with E-state index in [-0.39, 0.29) is 5.91 Å². The van der Waals surface area contributed by atoms with Gasteiger partial charge in [-0.2, -0.15) is 5.10 Å². The zero-order valence-corrected chi connectivity index (χ0v) is 13.2. The first kappa shape index (κ1) is 14.1. The molecule has 0 aliphatic rings. The van der Waals surface area contributed by atoms with E-state index < -0.39 is 0 Å². The quantitative estimate of drug-likeness (QED) is 0.840. The third kappa shape index (κ3) is 3.36. The molecule has 5 nitrogen and oxygen atoms in total. The molecule has 7 heteroatoms. The van der Waals surface area contributed by atoms with Crippen molar-refractivity contribution in [3.8, 4) is 5.75 Å². The summed E-state index contributed by atoms with van der Waals surface area (Å²) in [7, 11) is 0. The van der Waals surface area contributed by atoms with Crippen molar-refractivity contribution in [1.82, 2.24) is 10.2 Å². The zero-order valence-electron chi connectivity index (χ0n) is 10.0. The molecule has 19 heavy (non-hydrogen) atoms. The standard InChI is InChI=1S/C12H11Br2N3O2/c1-2-19-8-5-3-7(4-6-8)15-12(18)10-9(13)11(14)17-16-10/h3-6H,2H2,1H3,(H,15,18)(H,16,17). The van der Waals surface area contributed by atoms with Gasteiger partial charge in [-0.1, -0.05) is 0 Å². The smallest absolute Gasteiger partial charge is 0.277 e. The maximum Gasteiger partial charge on any atom is 0.277 e. The molecule has 1 amide bonds. The molecule has 1 heterocycles. The summed E-state index contributed by atoms with van der Waals surface area (Å²) in [5.74, 6) is 0.474. The summed E-state index contributed by atoms with van der Waals surface area (Å²) in [5.41, 5.74) is 0.972. The van der Waals surface area contributed by atoms with Crippen molar-refractivity contribution in [3.63, 3.8) is 0 Å². The average Bonchev–Trinajstić information content (AvgIpc) is 2.73. The second kappa shape index (κ2) is 6.21. The van der Waals surface area contributed by atoms with Gasteiger partial charge in [0.15, 0.2) is 5.69 Å². The topological polar surface area (TPSA) is 67.0 Å². The number of ether oxygens (including phenoxy) is 1. The number of amides is 1. The second-order valence-electron chi connectivity index (χ2n) is 3.61. The third-order valence-corrected chi connectivity index (χ3v) is 4.18. The minimum absolute atomic E-state index is 0.292. The summed E-state index contributed by atoms with van der Waals surface area (Å²) in [4.78, 5) is 12.0. The Bertz CT molecular complexity index is 581. The molecule has 0 spiro atoms. The van der Waals surface area contributed by atoms with E-state index in [4.69, 9.17) is 4.74 Å². The van der Waals surface area contributed by atoms with E-state index in [1.807, 2.05) is 6.92 Å². The average molecular weight is 389 g/mol. The number of H-pyrrole nitrogens is 1. The van der Waals surface area contributed by atoms with Gasteiger partial charge in [-0.15, -0.1) is 0 Å². The van der Waals surface area contributed by atoms with Gasteiger partial charge in [0.2, 0.25) is 0 Å². The highest BCUT2D eigenvalue weighted by atomic mass is 79.9. The molecule has 2 rings (SSSR count). The predicted octanol–water partition coefficient (Wildman–Crippen LogP) is 3.59. The van der Waals surface area contributed by atoms with Crippen LogP contribution in [0.4, 0.5) is 5.69 Å². The Morgan fingerprint density at radius 3 is 2.58 bits per heavy atom. The SMILES string of the molecule is CCOc1ccc(NC(=O)c2n[nH]c(Br)c2Br)cc1. The van der Waals surface area contributed by atoms with Crippen LogP contribution in [0.5, 0.6) is 5.75 Å². The molecule has 100 valence electrons. The molecule has 1 aromatic heterocycles. The highest BCUT2D eigenvalue weighted by Gasteiger charge is 2.16. The Balaban J connectivity index is 2.08. The Hall–Kier alpha value is -1.34. The molecular weight excluding hydrogens is 378 g/mol. The van der Waals surface area contributed by atoms with Crippen molar-refractivity contribution >= 4 is 43.5 Å². The number of benzene rings is 1. The zero-order chi connectivity index (χ0) is 13.8. The molecule has 0 saturated heterocycles. The molecule has 1 aromatic carbocycles.